The fourth-order valence-corrected chi connectivity index (χ4v) is 0.493. The molecule has 0 amide bonds. The summed E-state index contributed by atoms with van der Waals surface area (Å²) in [5.41, 5.74) is 0. The lowest BCUT2D eigenvalue weighted by Crippen LogP contribution is -2.12. The number of hydrogen-bond donors (Lipinski definition) is 0. The summed E-state index contributed by atoms with van der Waals surface area (Å²) < 4.78 is 9.63. The minimum Gasteiger partial charge on any atom is -0.400 e. The van der Waals surface area contributed by atoms with Crippen LogP contribution in [0.3, 0.4) is 0 Å². The van der Waals surface area contributed by atoms with Gasteiger partial charge < -0.3 is 8.85 Å². The van der Waals surface area contributed by atoms with Gasteiger partial charge in [-0.1, -0.05) is 19.4 Å². The standard InChI is InChI=1S/C5H10.C3H10O2Si/c1-3-5-4-2;1-4-6(3)5-2/h3H,1,4-5H2,2H3;6H,1-3H3. The molecular formula is C8H20O2Si. The number of rotatable bonds is 4. The Kier molecular flexibility index (Phi) is 15.4. The Balaban J connectivity index is 0. The summed E-state index contributed by atoms with van der Waals surface area (Å²) in [5.74, 6) is 0. The van der Waals surface area contributed by atoms with Gasteiger partial charge in [0, 0.05) is 14.2 Å². The highest BCUT2D eigenvalue weighted by Gasteiger charge is 1.94. The molecule has 0 aromatic heterocycles. The van der Waals surface area contributed by atoms with Crippen molar-refractivity contribution in [1.29, 1.82) is 0 Å². The fraction of sp³-hybridized carbons (Fsp3) is 0.750. The Morgan fingerprint density at radius 1 is 1.36 bits per heavy atom. The van der Waals surface area contributed by atoms with E-state index in [2.05, 4.69) is 13.5 Å². The van der Waals surface area contributed by atoms with Crippen LogP contribution in [0.25, 0.3) is 0 Å². The SMILES string of the molecule is C=CCCC.CO[SiH](C)OC. The van der Waals surface area contributed by atoms with E-state index in [0.717, 1.165) is 6.42 Å². The van der Waals surface area contributed by atoms with Gasteiger partial charge in [0.2, 0.25) is 0 Å². The molecule has 0 bridgehead atoms. The van der Waals surface area contributed by atoms with Gasteiger partial charge in [-0.3, -0.25) is 0 Å². The predicted molar refractivity (Wildman–Crippen MR) is 52.1 cm³/mol. The molecule has 0 fully saturated rings. The average Bonchev–Trinajstić information content (AvgIpc) is 2.06. The molecule has 0 aliphatic carbocycles. The third-order valence-electron chi connectivity index (χ3n) is 1.16. The molecule has 0 heterocycles. The van der Waals surface area contributed by atoms with Gasteiger partial charge in [-0.25, -0.2) is 0 Å². The second-order valence-electron chi connectivity index (χ2n) is 2.12. The zero-order valence-corrected chi connectivity index (χ0v) is 9.25. The van der Waals surface area contributed by atoms with E-state index in [4.69, 9.17) is 8.85 Å². The third kappa shape index (κ3) is 17.7. The summed E-state index contributed by atoms with van der Waals surface area (Å²) in [6, 6.07) is 0. The third-order valence-corrected chi connectivity index (χ3v) is 2.48. The largest absolute Gasteiger partial charge is 0.400 e. The molecule has 0 aliphatic heterocycles. The maximum absolute atomic E-state index is 4.82. The first kappa shape index (κ1) is 13.5. The molecule has 11 heavy (non-hydrogen) atoms. The molecule has 0 spiro atoms. The molecule has 0 aromatic carbocycles. The highest BCUT2D eigenvalue weighted by atomic mass is 28.3. The van der Waals surface area contributed by atoms with Crippen LogP contribution < -0.4 is 0 Å². The van der Waals surface area contributed by atoms with E-state index in [-0.39, 0.29) is 0 Å². The summed E-state index contributed by atoms with van der Waals surface area (Å²) in [5, 5.41) is 0. The smallest absolute Gasteiger partial charge is 0.317 e. The van der Waals surface area contributed by atoms with Gasteiger partial charge >= 0.3 is 9.28 Å². The van der Waals surface area contributed by atoms with E-state index in [0.29, 0.717) is 0 Å². The molecule has 0 aliphatic rings. The van der Waals surface area contributed by atoms with Crippen LogP contribution in [0.2, 0.25) is 6.55 Å². The van der Waals surface area contributed by atoms with Crippen LogP contribution >= 0.6 is 0 Å². The number of hydrogen-bond acceptors (Lipinski definition) is 2. The van der Waals surface area contributed by atoms with Gasteiger partial charge in [0.05, 0.1) is 0 Å². The van der Waals surface area contributed by atoms with Gasteiger partial charge in [-0.2, -0.15) is 0 Å². The molecule has 68 valence electrons. The molecule has 0 aromatic rings. The van der Waals surface area contributed by atoms with Crippen LogP contribution in [0.1, 0.15) is 19.8 Å². The van der Waals surface area contributed by atoms with Crippen molar-refractivity contribution in [2.24, 2.45) is 0 Å². The summed E-state index contributed by atoms with van der Waals surface area (Å²) in [6.07, 6.45) is 4.31. The summed E-state index contributed by atoms with van der Waals surface area (Å²) >= 11 is 0. The number of allylic oxidation sites excluding steroid dienone is 1. The van der Waals surface area contributed by atoms with Gasteiger partial charge in [-0.05, 0) is 13.0 Å². The highest BCUT2D eigenvalue weighted by molar-refractivity contribution is 6.42. The zero-order valence-electron chi connectivity index (χ0n) is 8.09. The van der Waals surface area contributed by atoms with Gasteiger partial charge in [0.1, 0.15) is 0 Å². The van der Waals surface area contributed by atoms with Crippen molar-refractivity contribution in [3.05, 3.63) is 12.7 Å². The molecule has 0 saturated carbocycles. The van der Waals surface area contributed by atoms with Gasteiger partial charge in [0.25, 0.3) is 0 Å². The Labute approximate surface area is 72.1 Å². The van der Waals surface area contributed by atoms with E-state index >= 15 is 0 Å². The van der Waals surface area contributed by atoms with Crippen LogP contribution in [0.15, 0.2) is 12.7 Å². The van der Waals surface area contributed by atoms with Crippen molar-refractivity contribution in [2.75, 3.05) is 14.2 Å². The minimum absolute atomic E-state index is 1.15. The second kappa shape index (κ2) is 12.5. The molecule has 3 heteroatoms. The Morgan fingerprint density at radius 3 is 1.82 bits per heavy atom. The molecular weight excluding hydrogens is 156 g/mol. The molecule has 0 saturated heterocycles. The van der Waals surface area contributed by atoms with Crippen LogP contribution in [-0.2, 0) is 8.85 Å². The van der Waals surface area contributed by atoms with Crippen molar-refractivity contribution in [3.63, 3.8) is 0 Å². The van der Waals surface area contributed by atoms with Crippen LogP contribution in [0.5, 0.6) is 0 Å². The zero-order chi connectivity index (χ0) is 9.11. The van der Waals surface area contributed by atoms with E-state index < -0.39 is 9.28 Å². The van der Waals surface area contributed by atoms with Crippen LogP contribution in [0.4, 0.5) is 0 Å². The van der Waals surface area contributed by atoms with Crippen molar-refractivity contribution in [1.82, 2.24) is 0 Å². The highest BCUT2D eigenvalue weighted by Crippen LogP contribution is 1.82. The van der Waals surface area contributed by atoms with Gasteiger partial charge in [0.15, 0.2) is 0 Å². The summed E-state index contributed by atoms with van der Waals surface area (Å²) in [7, 11) is 2.17. The van der Waals surface area contributed by atoms with Gasteiger partial charge in [-0.15, -0.1) is 6.58 Å². The Bertz CT molecular complexity index is 72.5. The monoisotopic (exact) mass is 176 g/mol. The van der Waals surface area contributed by atoms with Crippen molar-refractivity contribution in [2.45, 2.75) is 26.3 Å². The van der Waals surface area contributed by atoms with Crippen molar-refractivity contribution in [3.8, 4) is 0 Å². The quantitative estimate of drug-likeness (QED) is 0.482. The maximum atomic E-state index is 4.82. The van der Waals surface area contributed by atoms with Crippen LogP contribution in [-0.4, -0.2) is 23.5 Å². The molecule has 0 rings (SSSR count). The average molecular weight is 176 g/mol. The molecule has 2 nitrogen and oxygen atoms in total. The van der Waals surface area contributed by atoms with E-state index in [1.165, 1.54) is 6.42 Å². The molecule has 0 atom stereocenters. The predicted octanol–water partition coefficient (Wildman–Crippen LogP) is 2.10. The van der Waals surface area contributed by atoms with E-state index in [1.54, 1.807) is 14.2 Å². The van der Waals surface area contributed by atoms with Crippen LogP contribution in [0, 0.1) is 0 Å². The van der Waals surface area contributed by atoms with Crippen molar-refractivity contribution < 1.29 is 8.85 Å². The second-order valence-corrected chi connectivity index (χ2v) is 4.19. The topological polar surface area (TPSA) is 18.5 Å². The lowest BCUT2D eigenvalue weighted by atomic mass is 10.3. The minimum atomic E-state index is -1.16. The summed E-state index contributed by atoms with van der Waals surface area (Å²) in [6.45, 7) is 7.66. The first-order valence-electron chi connectivity index (χ1n) is 3.89. The first-order valence-corrected chi connectivity index (χ1v) is 5.99. The normalized spacial score (nSPS) is 8.82. The maximum Gasteiger partial charge on any atom is 0.317 e. The summed E-state index contributed by atoms with van der Waals surface area (Å²) in [4.78, 5) is 0. The first-order chi connectivity index (χ1) is 5.22. The number of unbranched alkanes of at least 4 members (excludes halogenated alkanes) is 1. The van der Waals surface area contributed by atoms with E-state index in [1.807, 2.05) is 12.6 Å². The lowest BCUT2D eigenvalue weighted by molar-refractivity contribution is 0.285. The molecule has 0 radical (unpaired) electrons. The fourth-order valence-electron chi connectivity index (χ4n) is 0.300. The Morgan fingerprint density at radius 2 is 1.82 bits per heavy atom. The molecule has 0 unspecified atom stereocenters. The lowest BCUT2D eigenvalue weighted by Gasteiger charge is -2.00. The van der Waals surface area contributed by atoms with Crippen molar-refractivity contribution >= 4 is 9.28 Å². The molecule has 0 N–H and O–H groups in total. The van der Waals surface area contributed by atoms with E-state index in [9.17, 15) is 0 Å². The Hall–Kier alpha value is -0.123.